The van der Waals surface area contributed by atoms with Gasteiger partial charge in [-0.05, 0) is 24.1 Å². The number of rotatable bonds is 5. The fourth-order valence-electron chi connectivity index (χ4n) is 1.61. The summed E-state index contributed by atoms with van der Waals surface area (Å²) in [6.07, 6.45) is 5.62. The van der Waals surface area contributed by atoms with E-state index in [2.05, 4.69) is 55.9 Å². The summed E-state index contributed by atoms with van der Waals surface area (Å²) < 4.78 is 3.24. The lowest BCUT2D eigenvalue weighted by Gasteiger charge is -2.07. The number of hydrogen-bond donors (Lipinski definition) is 1. The fraction of sp³-hybridized carbons (Fsp3) is 0.308. The molecule has 0 aliphatic rings. The quantitative estimate of drug-likeness (QED) is 0.859. The van der Waals surface area contributed by atoms with Gasteiger partial charge in [0.1, 0.15) is 0 Å². The van der Waals surface area contributed by atoms with Crippen molar-refractivity contribution < 1.29 is 0 Å². The van der Waals surface area contributed by atoms with Crippen LogP contribution in [-0.4, -0.2) is 16.1 Å². The zero-order valence-corrected chi connectivity index (χ0v) is 11.4. The van der Waals surface area contributed by atoms with Gasteiger partial charge in [0.15, 0.2) is 0 Å². The molecule has 1 N–H and O–H groups in total. The van der Waals surface area contributed by atoms with Crippen LogP contribution in [0.1, 0.15) is 11.1 Å². The molecule has 3 nitrogen and oxygen atoms in total. The maximum absolute atomic E-state index is 4.01. The SMILES string of the molecule is Cc1ccc(CNCCn2ccnc2)cc1Br. The van der Waals surface area contributed by atoms with E-state index >= 15 is 0 Å². The Bertz CT molecular complexity index is 466. The molecule has 0 amide bonds. The van der Waals surface area contributed by atoms with Crippen molar-refractivity contribution in [2.24, 2.45) is 0 Å². The molecule has 0 unspecified atom stereocenters. The van der Waals surface area contributed by atoms with Crippen LogP contribution < -0.4 is 5.32 Å². The monoisotopic (exact) mass is 293 g/mol. The highest BCUT2D eigenvalue weighted by Gasteiger charge is 1.97. The number of nitrogens with one attached hydrogen (secondary N) is 1. The second-order valence-electron chi connectivity index (χ2n) is 4.06. The first kappa shape index (κ1) is 12.3. The van der Waals surface area contributed by atoms with E-state index in [1.807, 2.05) is 12.5 Å². The van der Waals surface area contributed by atoms with Crippen LogP contribution in [-0.2, 0) is 13.1 Å². The summed E-state index contributed by atoms with van der Waals surface area (Å²) in [5, 5.41) is 3.42. The zero-order valence-electron chi connectivity index (χ0n) is 9.86. The van der Waals surface area contributed by atoms with Crippen LogP contribution in [0.4, 0.5) is 0 Å². The van der Waals surface area contributed by atoms with E-state index in [4.69, 9.17) is 0 Å². The first-order valence-corrected chi connectivity index (χ1v) is 6.46. The van der Waals surface area contributed by atoms with Crippen LogP contribution >= 0.6 is 15.9 Å². The standard InChI is InChI=1S/C13H16BrN3/c1-11-2-3-12(8-13(11)14)9-15-4-6-17-7-5-16-10-17/h2-3,5,7-8,10,15H,4,6,9H2,1H3. The Hall–Kier alpha value is -1.13. The van der Waals surface area contributed by atoms with Crippen LogP contribution in [0.25, 0.3) is 0 Å². The van der Waals surface area contributed by atoms with Crippen LogP contribution in [0, 0.1) is 6.92 Å². The Labute approximate surface area is 110 Å². The molecule has 0 bridgehead atoms. The molecule has 0 saturated heterocycles. The van der Waals surface area contributed by atoms with Crippen LogP contribution in [0.3, 0.4) is 0 Å². The van der Waals surface area contributed by atoms with Crippen molar-refractivity contribution in [3.63, 3.8) is 0 Å². The molecule has 2 rings (SSSR count). The second kappa shape index (κ2) is 5.98. The van der Waals surface area contributed by atoms with Crippen LogP contribution in [0.5, 0.6) is 0 Å². The molecule has 0 atom stereocenters. The van der Waals surface area contributed by atoms with Crippen molar-refractivity contribution in [3.8, 4) is 0 Å². The molecule has 2 aromatic rings. The lowest BCUT2D eigenvalue weighted by molar-refractivity contribution is 0.597. The van der Waals surface area contributed by atoms with Crippen molar-refractivity contribution in [2.75, 3.05) is 6.54 Å². The highest BCUT2D eigenvalue weighted by atomic mass is 79.9. The second-order valence-corrected chi connectivity index (χ2v) is 4.92. The third kappa shape index (κ3) is 3.68. The molecule has 0 aliphatic carbocycles. The van der Waals surface area contributed by atoms with Gasteiger partial charge in [-0.15, -0.1) is 0 Å². The van der Waals surface area contributed by atoms with Gasteiger partial charge in [0.05, 0.1) is 6.33 Å². The van der Waals surface area contributed by atoms with E-state index in [-0.39, 0.29) is 0 Å². The average Bonchev–Trinajstić information content (AvgIpc) is 2.82. The zero-order chi connectivity index (χ0) is 12.1. The number of nitrogens with zero attached hydrogens (tertiary/aromatic N) is 2. The molecule has 0 aliphatic heterocycles. The van der Waals surface area contributed by atoms with Crippen molar-refractivity contribution in [1.82, 2.24) is 14.9 Å². The Morgan fingerprint density at radius 2 is 2.29 bits per heavy atom. The van der Waals surface area contributed by atoms with E-state index in [9.17, 15) is 0 Å². The van der Waals surface area contributed by atoms with Crippen LogP contribution in [0.2, 0.25) is 0 Å². The van der Waals surface area contributed by atoms with Crippen molar-refractivity contribution in [2.45, 2.75) is 20.0 Å². The molecule has 90 valence electrons. The molecule has 0 spiro atoms. The summed E-state index contributed by atoms with van der Waals surface area (Å²) in [6.45, 7) is 4.89. The molecule has 0 saturated carbocycles. The van der Waals surface area contributed by atoms with Gasteiger partial charge in [-0.3, -0.25) is 0 Å². The Morgan fingerprint density at radius 3 is 3.00 bits per heavy atom. The van der Waals surface area contributed by atoms with Gasteiger partial charge in [0, 0.05) is 36.5 Å². The van der Waals surface area contributed by atoms with Gasteiger partial charge in [-0.2, -0.15) is 0 Å². The minimum atomic E-state index is 0.896. The Kier molecular flexibility index (Phi) is 4.34. The molecule has 1 heterocycles. The van der Waals surface area contributed by atoms with Crippen molar-refractivity contribution >= 4 is 15.9 Å². The number of benzene rings is 1. The molecule has 1 aromatic heterocycles. The Morgan fingerprint density at radius 1 is 1.41 bits per heavy atom. The molecular formula is C13H16BrN3. The summed E-state index contributed by atoms with van der Waals surface area (Å²) in [5.41, 5.74) is 2.57. The summed E-state index contributed by atoms with van der Waals surface area (Å²) in [4.78, 5) is 4.01. The molecule has 17 heavy (non-hydrogen) atoms. The normalized spacial score (nSPS) is 10.7. The predicted molar refractivity (Wildman–Crippen MR) is 72.8 cm³/mol. The van der Waals surface area contributed by atoms with E-state index in [0.717, 1.165) is 19.6 Å². The van der Waals surface area contributed by atoms with Crippen molar-refractivity contribution in [3.05, 3.63) is 52.5 Å². The lowest BCUT2D eigenvalue weighted by atomic mass is 10.1. The number of hydrogen-bond acceptors (Lipinski definition) is 2. The Balaban J connectivity index is 1.76. The smallest absolute Gasteiger partial charge is 0.0946 e. The number of halogens is 1. The fourth-order valence-corrected chi connectivity index (χ4v) is 2.03. The molecule has 0 fully saturated rings. The van der Waals surface area contributed by atoms with Gasteiger partial charge in [0.2, 0.25) is 0 Å². The van der Waals surface area contributed by atoms with Crippen molar-refractivity contribution in [1.29, 1.82) is 0 Å². The highest BCUT2D eigenvalue weighted by Crippen LogP contribution is 2.17. The molecule has 1 aromatic carbocycles. The molecular weight excluding hydrogens is 278 g/mol. The largest absolute Gasteiger partial charge is 0.336 e. The number of imidazole rings is 1. The predicted octanol–water partition coefficient (Wildman–Crippen LogP) is 2.74. The number of aryl methyl sites for hydroxylation is 1. The highest BCUT2D eigenvalue weighted by molar-refractivity contribution is 9.10. The summed E-state index contributed by atoms with van der Waals surface area (Å²) in [6, 6.07) is 6.46. The first-order chi connectivity index (χ1) is 8.25. The summed E-state index contributed by atoms with van der Waals surface area (Å²) in [7, 11) is 0. The summed E-state index contributed by atoms with van der Waals surface area (Å²) in [5.74, 6) is 0. The van der Waals surface area contributed by atoms with E-state index in [0.29, 0.717) is 0 Å². The molecule has 4 heteroatoms. The lowest BCUT2D eigenvalue weighted by Crippen LogP contribution is -2.18. The molecule has 0 radical (unpaired) electrons. The first-order valence-electron chi connectivity index (χ1n) is 5.67. The minimum absolute atomic E-state index is 0.896. The average molecular weight is 294 g/mol. The minimum Gasteiger partial charge on any atom is -0.336 e. The van der Waals surface area contributed by atoms with Gasteiger partial charge in [0.25, 0.3) is 0 Å². The maximum atomic E-state index is 4.01. The van der Waals surface area contributed by atoms with Gasteiger partial charge in [-0.1, -0.05) is 28.1 Å². The van der Waals surface area contributed by atoms with E-state index in [1.54, 1.807) is 6.20 Å². The van der Waals surface area contributed by atoms with E-state index < -0.39 is 0 Å². The van der Waals surface area contributed by atoms with E-state index in [1.165, 1.54) is 15.6 Å². The van der Waals surface area contributed by atoms with Gasteiger partial charge >= 0.3 is 0 Å². The third-order valence-corrected chi connectivity index (χ3v) is 3.53. The summed E-state index contributed by atoms with van der Waals surface area (Å²) >= 11 is 3.55. The van der Waals surface area contributed by atoms with Crippen LogP contribution in [0.15, 0.2) is 41.4 Å². The maximum Gasteiger partial charge on any atom is 0.0946 e. The van der Waals surface area contributed by atoms with Gasteiger partial charge in [-0.25, -0.2) is 4.98 Å². The third-order valence-electron chi connectivity index (χ3n) is 2.67. The number of aromatic nitrogens is 2. The van der Waals surface area contributed by atoms with Gasteiger partial charge < -0.3 is 9.88 Å². The topological polar surface area (TPSA) is 29.9 Å².